The molecule has 1 fully saturated rings. The van der Waals surface area contributed by atoms with Crippen molar-refractivity contribution in [2.24, 2.45) is 11.0 Å². The van der Waals surface area contributed by atoms with Crippen molar-refractivity contribution in [2.75, 3.05) is 12.4 Å². The number of nitrogens with zero attached hydrogens (tertiary/aromatic N) is 1. The number of aromatic hydroxyl groups is 1. The van der Waals surface area contributed by atoms with Gasteiger partial charge in [0.05, 0.1) is 13.3 Å². The maximum absolute atomic E-state index is 12.1. The second-order valence-electron chi connectivity index (χ2n) is 5.94. The standard InChI is InChI=1S/C19H19N3O4/c1-26-16-4-2-3-14(17(16)23)11-20-22-19(25)13-7-9-15(10-8-13)21-18(24)12-5-6-12/h2-4,7-12,23H,5-6H2,1H3,(H,21,24)(H,22,25). The summed E-state index contributed by atoms with van der Waals surface area (Å²) in [5, 5.41) is 16.6. The largest absolute Gasteiger partial charge is 0.504 e. The average molecular weight is 353 g/mol. The summed E-state index contributed by atoms with van der Waals surface area (Å²) >= 11 is 0. The first-order chi connectivity index (χ1) is 12.6. The van der Waals surface area contributed by atoms with E-state index < -0.39 is 5.91 Å². The summed E-state index contributed by atoms with van der Waals surface area (Å²) in [6, 6.07) is 11.5. The van der Waals surface area contributed by atoms with Gasteiger partial charge in [0.25, 0.3) is 5.91 Å². The molecule has 1 aliphatic carbocycles. The first kappa shape index (κ1) is 17.5. The van der Waals surface area contributed by atoms with Gasteiger partial charge in [-0.15, -0.1) is 0 Å². The number of nitrogens with one attached hydrogen (secondary N) is 2. The van der Waals surface area contributed by atoms with Crippen LogP contribution >= 0.6 is 0 Å². The van der Waals surface area contributed by atoms with Crippen molar-refractivity contribution >= 4 is 23.7 Å². The molecule has 0 radical (unpaired) electrons. The van der Waals surface area contributed by atoms with Crippen LogP contribution in [-0.2, 0) is 4.79 Å². The van der Waals surface area contributed by atoms with Crippen molar-refractivity contribution in [3.63, 3.8) is 0 Å². The van der Waals surface area contributed by atoms with Gasteiger partial charge in [0.2, 0.25) is 5.91 Å². The molecule has 0 saturated heterocycles. The summed E-state index contributed by atoms with van der Waals surface area (Å²) in [5.41, 5.74) is 3.87. The molecule has 0 aromatic heterocycles. The van der Waals surface area contributed by atoms with Gasteiger partial charge in [0.15, 0.2) is 11.5 Å². The third-order valence-electron chi connectivity index (χ3n) is 3.98. The Hall–Kier alpha value is -3.35. The number of anilines is 1. The van der Waals surface area contributed by atoms with Crippen molar-refractivity contribution in [2.45, 2.75) is 12.8 Å². The quantitative estimate of drug-likeness (QED) is 0.549. The van der Waals surface area contributed by atoms with Crippen LogP contribution < -0.4 is 15.5 Å². The predicted molar refractivity (Wildman–Crippen MR) is 97.5 cm³/mol. The number of ether oxygens (including phenoxy) is 1. The van der Waals surface area contributed by atoms with E-state index in [9.17, 15) is 14.7 Å². The fraction of sp³-hybridized carbons (Fsp3) is 0.211. The van der Waals surface area contributed by atoms with Crippen LogP contribution in [0.4, 0.5) is 5.69 Å². The highest BCUT2D eigenvalue weighted by Crippen LogP contribution is 2.30. The van der Waals surface area contributed by atoms with E-state index >= 15 is 0 Å². The minimum absolute atomic E-state index is 0.0184. The highest BCUT2D eigenvalue weighted by molar-refractivity contribution is 5.97. The summed E-state index contributed by atoms with van der Waals surface area (Å²) in [5.74, 6) is 0.0156. The summed E-state index contributed by atoms with van der Waals surface area (Å²) in [6.07, 6.45) is 3.21. The Morgan fingerprint density at radius 1 is 1.19 bits per heavy atom. The summed E-state index contributed by atoms with van der Waals surface area (Å²) in [4.78, 5) is 23.8. The molecule has 0 spiro atoms. The van der Waals surface area contributed by atoms with Crippen molar-refractivity contribution in [3.05, 3.63) is 53.6 Å². The first-order valence-corrected chi connectivity index (χ1v) is 8.19. The van der Waals surface area contributed by atoms with Crippen molar-refractivity contribution in [1.82, 2.24) is 5.43 Å². The fourth-order valence-corrected chi connectivity index (χ4v) is 2.33. The smallest absolute Gasteiger partial charge is 0.271 e. The third-order valence-corrected chi connectivity index (χ3v) is 3.98. The van der Waals surface area contributed by atoms with Gasteiger partial charge < -0.3 is 15.2 Å². The van der Waals surface area contributed by atoms with Crippen LogP contribution in [0.25, 0.3) is 0 Å². The summed E-state index contributed by atoms with van der Waals surface area (Å²) in [7, 11) is 1.45. The maximum Gasteiger partial charge on any atom is 0.271 e. The molecule has 134 valence electrons. The lowest BCUT2D eigenvalue weighted by Crippen LogP contribution is -2.18. The molecular weight excluding hydrogens is 334 g/mol. The van der Waals surface area contributed by atoms with Crippen LogP contribution in [0.15, 0.2) is 47.6 Å². The molecule has 1 aliphatic rings. The fourth-order valence-electron chi connectivity index (χ4n) is 2.33. The van der Waals surface area contributed by atoms with Gasteiger partial charge in [-0.05, 0) is 49.2 Å². The Morgan fingerprint density at radius 3 is 2.58 bits per heavy atom. The van der Waals surface area contributed by atoms with E-state index in [4.69, 9.17) is 4.74 Å². The highest BCUT2D eigenvalue weighted by atomic mass is 16.5. The number of hydrogen-bond donors (Lipinski definition) is 3. The maximum atomic E-state index is 12.1. The number of phenols is 1. The third kappa shape index (κ3) is 4.18. The van der Waals surface area contributed by atoms with Gasteiger partial charge in [0, 0.05) is 22.7 Å². The molecule has 3 N–H and O–H groups in total. The highest BCUT2D eigenvalue weighted by Gasteiger charge is 2.29. The van der Waals surface area contributed by atoms with Gasteiger partial charge >= 0.3 is 0 Å². The Morgan fingerprint density at radius 2 is 1.92 bits per heavy atom. The monoisotopic (exact) mass is 353 g/mol. The lowest BCUT2D eigenvalue weighted by Gasteiger charge is -2.06. The number of hydrazone groups is 1. The molecule has 2 aromatic carbocycles. The van der Waals surface area contributed by atoms with Crippen LogP contribution in [0.2, 0.25) is 0 Å². The van der Waals surface area contributed by atoms with Gasteiger partial charge in [-0.1, -0.05) is 6.07 Å². The molecule has 7 nitrogen and oxygen atoms in total. The number of carbonyl (C=O) groups excluding carboxylic acids is 2. The van der Waals surface area contributed by atoms with E-state index in [2.05, 4.69) is 15.8 Å². The molecule has 0 aliphatic heterocycles. The van der Waals surface area contributed by atoms with Gasteiger partial charge in [0.1, 0.15) is 0 Å². The lowest BCUT2D eigenvalue weighted by molar-refractivity contribution is -0.117. The number of para-hydroxylation sites is 1. The molecule has 7 heteroatoms. The number of carbonyl (C=O) groups is 2. The van der Waals surface area contributed by atoms with Crippen molar-refractivity contribution in [1.29, 1.82) is 0 Å². The Bertz CT molecular complexity index is 842. The Balaban J connectivity index is 1.58. The molecule has 2 aromatic rings. The number of phenolic OH excluding ortho intramolecular Hbond substituents is 1. The van der Waals surface area contributed by atoms with Crippen LogP contribution in [0.1, 0.15) is 28.8 Å². The van der Waals surface area contributed by atoms with Crippen molar-refractivity contribution < 1.29 is 19.4 Å². The number of amides is 2. The average Bonchev–Trinajstić information content (AvgIpc) is 3.49. The van der Waals surface area contributed by atoms with E-state index in [1.165, 1.54) is 13.3 Å². The van der Waals surface area contributed by atoms with E-state index in [1.54, 1.807) is 42.5 Å². The normalized spacial score (nSPS) is 13.4. The molecular formula is C19H19N3O4. The summed E-state index contributed by atoms with van der Waals surface area (Å²) < 4.78 is 5.01. The number of methoxy groups -OCH3 is 1. The van der Waals surface area contributed by atoms with Crippen molar-refractivity contribution in [3.8, 4) is 11.5 Å². The molecule has 0 bridgehead atoms. The molecule has 26 heavy (non-hydrogen) atoms. The van der Waals surface area contributed by atoms with E-state index in [-0.39, 0.29) is 17.6 Å². The molecule has 0 atom stereocenters. The predicted octanol–water partition coefficient (Wildman–Crippen LogP) is 2.51. The molecule has 2 amide bonds. The molecule has 3 rings (SSSR count). The number of hydrogen-bond acceptors (Lipinski definition) is 5. The van der Waals surface area contributed by atoms with E-state index in [1.807, 2.05) is 0 Å². The first-order valence-electron chi connectivity index (χ1n) is 8.19. The molecule has 0 unspecified atom stereocenters. The van der Waals surface area contributed by atoms with Gasteiger partial charge in [-0.3, -0.25) is 9.59 Å². The second kappa shape index (κ2) is 7.69. The van der Waals surface area contributed by atoms with Gasteiger partial charge in [-0.25, -0.2) is 5.43 Å². The Kier molecular flexibility index (Phi) is 5.17. The molecule has 0 heterocycles. The topological polar surface area (TPSA) is 100 Å². The lowest BCUT2D eigenvalue weighted by atomic mass is 10.2. The second-order valence-corrected chi connectivity index (χ2v) is 5.94. The van der Waals surface area contributed by atoms with Crippen LogP contribution in [-0.4, -0.2) is 30.2 Å². The summed E-state index contributed by atoms with van der Waals surface area (Å²) in [6.45, 7) is 0. The minimum atomic E-state index is -0.399. The number of rotatable bonds is 6. The van der Waals surface area contributed by atoms with Crippen LogP contribution in [0, 0.1) is 5.92 Å². The Labute approximate surface area is 150 Å². The van der Waals surface area contributed by atoms with E-state index in [0.29, 0.717) is 22.6 Å². The van der Waals surface area contributed by atoms with Gasteiger partial charge in [-0.2, -0.15) is 5.10 Å². The van der Waals surface area contributed by atoms with Crippen LogP contribution in [0.5, 0.6) is 11.5 Å². The number of benzene rings is 2. The SMILES string of the molecule is COc1cccc(C=NNC(=O)c2ccc(NC(=O)C3CC3)cc2)c1O. The zero-order chi connectivity index (χ0) is 18.5. The minimum Gasteiger partial charge on any atom is -0.504 e. The van der Waals surface area contributed by atoms with Crippen LogP contribution in [0.3, 0.4) is 0 Å². The zero-order valence-electron chi connectivity index (χ0n) is 14.2. The molecule has 1 saturated carbocycles. The van der Waals surface area contributed by atoms with E-state index in [0.717, 1.165) is 12.8 Å². The zero-order valence-corrected chi connectivity index (χ0v) is 14.2.